The Balaban J connectivity index is 2.28. The van der Waals surface area contributed by atoms with Crippen LogP contribution in [0.5, 0.6) is 0 Å². The van der Waals surface area contributed by atoms with Crippen molar-refractivity contribution < 1.29 is 23.2 Å². The average molecular weight is 337 g/mol. The van der Waals surface area contributed by atoms with Crippen LogP contribution in [0.25, 0.3) is 0 Å². The molecule has 1 aliphatic heterocycles. The number of nitrogens with one attached hydrogen (secondary N) is 1. The van der Waals surface area contributed by atoms with E-state index >= 15 is 0 Å². The van der Waals surface area contributed by atoms with Crippen molar-refractivity contribution in [2.45, 2.75) is 65.3 Å². The Bertz CT molecular complexity index is 624. The van der Waals surface area contributed by atoms with Crippen molar-refractivity contribution in [3.8, 4) is 0 Å². The Kier molecular flexibility index (Phi) is 4.72. The summed E-state index contributed by atoms with van der Waals surface area (Å²) in [4.78, 5) is 12.0. The zero-order valence-corrected chi connectivity index (χ0v) is 15.3. The predicted molar refractivity (Wildman–Crippen MR) is 92.0 cm³/mol. The van der Waals surface area contributed by atoms with E-state index in [1.165, 1.54) is 18.2 Å². The van der Waals surface area contributed by atoms with Gasteiger partial charge in [-0.2, -0.15) is 0 Å². The molecule has 0 spiro atoms. The van der Waals surface area contributed by atoms with Crippen LogP contribution in [0.3, 0.4) is 0 Å². The molecule has 132 valence electrons. The number of benzene rings is 1. The van der Waals surface area contributed by atoms with Gasteiger partial charge in [-0.1, -0.05) is 0 Å². The van der Waals surface area contributed by atoms with Crippen LogP contribution in [0.15, 0.2) is 18.2 Å². The van der Waals surface area contributed by atoms with E-state index in [4.69, 9.17) is 14.0 Å². The van der Waals surface area contributed by atoms with Gasteiger partial charge in [-0.15, -0.1) is 0 Å². The third kappa shape index (κ3) is 4.08. The summed E-state index contributed by atoms with van der Waals surface area (Å²) in [5.41, 5.74) is -0.946. The maximum Gasteiger partial charge on any atom is 0.497 e. The van der Waals surface area contributed by atoms with Gasteiger partial charge in [-0.25, -0.2) is 9.18 Å². The van der Waals surface area contributed by atoms with Crippen LogP contribution in [0.1, 0.15) is 48.5 Å². The summed E-state index contributed by atoms with van der Waals surface area (Å²) in [6.45, 7) is 13.0. The lowest BCUT2D eigenvalue weighted by atomic mass is 9.77. The minimum Gasteiger partial charge on any atom is -0.444 e. The molecule has 7 heteroatoms. The molecule has 0 saturated carbocycles. The van der Waals surface area contributed by atoms with E-state index in [0.29, 0.717) is 11.2 Å². The summed E-state index contributed by atoms with van der Waals surface area (Å²) < 4.78 is 30.9. The number of anilines is 1. The first-order chi connectivity index (χ1) is 10.8. The van der Waals surface area contributed by atoms with Gasteiger partial charge < -0.3 is 14.0 Å². The first-order valence-electron chi connectivity index (χ1n) is 7.96. The second-order valence-corrected chi connectivity index (χ2v) is 7.95. The second kappa shape index (κ2) is 6.04. The maximum absolute atomic E-state index is 13.7. The molecule has 24 heavy (non-hydrogen) atoms. The van der Waals surface area contributed by atoms with E-state index in [1.54, 1.807) is 20.8 Å². The normalized spacial score (nSPS) is 19.2. The van der Waals surface area contributed by atoms with Crippen LogP contribution in [0.4, 0.5) is 14.9 Å². The SMILES string of the molecule is CC(C)(C)OC(=O)Nc1ccc(F)cc1B1OC(C)(C)C(C)(C)O1. The van der Waals surface area contributed by atoms with Crippen molar-refractivity contribution in [3.63, 3.8) is 0 Å². The fraction of sp³-hybridized carbons (Fsp3) is 0.588. The molecule has 1 aromatic rings. The molecule has 1 fully saturated rings. The van der Waals surface area contributed by atoms with Crippen LogP contribution in [0.2, 0.25) is 0 Å². The molecule has 1 aromatic carbocycles. The van der Waals surface area contributed by atoms with Gasteiger partial charge in [0.25, 0.3) is 0 Å². The molecule has 0 bridgehead atoms. The number of rotatable bonds is 2. The van der Waals surface area contributed by atoms with Crippen molar-refractivity contribution in [3.05, 3.63) is 24.0 Å². The van der Waals surface area contributed by atoms with Crippen LogP contribution >= 0.6 is 0 Å². The molecule has 0 atom stereocenters. The molecule has 1 N–H and O–H groups in total. The lowest BCUT2D eigenvalue weighted by molar-refractivity contribution is 0.00578. The molecule has 2 rings (SSSR count). The molecule has 0 aromatic heterocycles. The summed E-state index contributed by atoms with van der Waals surface area (Å²) in [6.07, 6.45) is -0.619. The first-order valence-corrected chi connectivity index (χ1v) is 7.96. The summed E-state index contributed by atoms with van der Waals surface area (Å²) in [7, 11) is -0.782. The van der Waals surface area contributed by atoms with E-state index in [9.17, 15) is 9.18 Å². The number of hydrogen-bond acceptors (Lipinski definition) is 4. The Morgan fingerprint density at radius 1 is 1.17 bits per heavy atom. The van der Waals surface area contributed by atoms with Crippen molar-refractivity contribution in [1.29, 1.82) is 0 Å². The number of carbonyl (C=O) groups excluding carboxylic acids is 1. The van der Waals surface area contributed by atoms with E-state index < -0.39 is 35.8 Å². The largest absolute Gasteiger partial charge is 0.497 e. The zero-order valence-electron chi connectivity index (χ0n) is 15.3. The van der Waals surface area contributed by atoms with Crippen molar-refractivity contribution in [2.24, 2.45) is 0 Å². The third-order valence-corrected chi connectivity index (χ3v) is 4.16. The summed E-state index contributed by atoms with van der Waals surface area (Å²) in [5.74, 6) is -0.436. The molecular formula is C17H25BFNO4. The zero-order chi connectivity index (χ0) is 18.3. The summed E-state index contributed by atoms with van der Waals surface area (Å²) in [5, 5.41) is 2.64. The molecule has 0 unspecified atom stereocenters. The lowest BCUT2D eigenvalue weighted by Crippen LogP contribution is -2.41. The highest BCUT2D eigenvalue weighted by Crippen LogP contribution is 2.37. The number of hydrogen-bond donors (Lipinski definition) is 1. The first kappa shape index (κ1) is 18.7. The topological polar surface area (TPSA) is 56.8 Å². The van der Waals surface area contributed by atoms with Crippen molar-refractivity contribution >= 4 is 24.4 Å². The van der Waals surface area contributed by atoms with Gasteiger partial charge in [0.1, 0.15) is 11.4 Å². The fourth-order valence-corrected chi connectivity index (χ4v) is 2.23. The van der Waals surface area contributed by atoms with Gasteiger partial charge in [-0.05, 0) is 66.7 Å². The molecule has 1 aliphatic rings. The quantitative estimate of drug-likeness (QED) is 0.840. The lowest BCUT2D eigenvalue weighted by Gasteiger charge is -2.32. The van der Waals surface area contributed by atoms with Gasteiger partial charge in [0.15, 0.2) is 0 Å². The molecule has 0 aliphatic carbocycles. The predicted octanol–water partition coefficient (Wildman–Crippen LogP) is 3.47. The maximum atomic E-state index is 13.7. The Morgan fingerprint density at radius 2 is 1.71 bits per heavy atom. The van der Waals surface area contributed by atoms with Gasteiger partial charge in [0.05, 0.1) is 11.2 Å². The average Bonchev–Trinajstić information content (AvgIpc) is 2.58. The minimum absolute atomic E-state index is 0.393. The third-order valence-electron chi connectivity index (χ3n) is 4.16. The molecular weight excluding hydrogens is 312 g/mol. The second-order valence-electron chi connectivity index (χ2n) is 7.95. The molecule has 0 radical (unpaired) electrons. The van der Waals surface area contributed by atoms with Gasteiger partial charge >= 0.3 is 13.2 Å². The van der Waals surface area contributed by atoms with Crippen LogP contribution in [0, 0.1) is 5.82 Å². The Hall–Kier alpha value is -1.60. The highest BCUT2D eigenvalue weighted by molar-refractivity contribution is 6.64. The molecule has 5 nitrogen and oxygen atoms in total. The van der Waals surface area contributed by atoms with Crippen molar-refractivity contribution in [2.75, 3.05) is 5.32 Å². The number of halogens is 1. The summed E-state index contributed by atoms with van der Waals surface area (Å²) in [6, 6.07) is 4.04. The smallest absolute Gasteiger partial charge is 0.444 e. The molecule has 1 amide bonds. The van der Waals surface area contributed by atoms with E-state index in [0.717, 1.165) is 0 Å². The Labute approximate surface area is 143 Å². The van der Waals surface area contributed by atoms with Gasteiger partial charge in [0.2, 0.25) is 0 Å². The van der Waals surface area contributed by atoms with E-state index in [1.807, 2.05) is 27.7 Å². The monoisotopic (exact) mass is 337 g/mol. The van der Waals surface area contributed by atoms with Gasteiger partial charge in [0, 0.05) is 11.2 Å². The summed E-state index contributed by atoms with van der Waals surface area (Å²) >= 11 is 0. The van der Waals surface area contributed by atoms with E-state index in [2.05, 4.69) is 5.32 Å². The highest BCUT2D eigenvalue weighted by atomic mass is 19.1. The van der Waals surface area contributed by atoms with Gasteiger partial charge in [-0.3, -0.25) is 5.32 Å². The van der Waals surface area contributed by atoms with Crippen molar-refractivity contribution in [1.82, 2.24) is 0 Å². The fourth-order valence-electron chi connectivity index (χ4n) is 2.23. The van der Waals surface area contributed by atoms with Crippen LogP contribution in [-0.2, 0) is 14.0 Å². The Morgan fingerprint density at radius 3 is 2.21 bits per heavy atom. The minimum atomic E-state index is -0.782. The standard InChI is InChI=1S/C17H25BFNO4/c1-15(2,3)22-14(21)20-13-9-8-11(19)10-12(13)18-23-16(4,5)17(6,7)24-18/h8-10H,1-7H3,(H,20,21). The van der Waals surface area contributed by atoms with Crippen LogP contribution in [-0.4, -0.2) is 30.0 Å². The van der Waals surface area contributed by atoms with E-state index in [-0.39, 0.29) is 0 Å². The number of ether oxygens (including phenoxy) is 1. The highest BCUT2D eigenvalue weighted by Gasteiger charge is 2.52. The number of amides is 1. The molecule has 1 saturated heterocycles. The number of carbonyl (C=O) groups is 1. The van der Waals surface area contributed by atoms with Crippen LogP contribution < -0.4 is 10.8 Å². The molecule has 1 heterocycles.